The van der Waals surface area contributed by atoms with Crippen LogP contribution in [-0.4, -0.2) is 39.9 Å². The predicted molar refractivity (Wildman–Crippen MR) is 79.0 cm³/mol. The summed E-state index contributed by atoms with van der Waals surface area (Å²) in [6, 6.07) is 6.78. The zero-order valence-electron chi connectivity index (χ0n) is 12.4. The van der Waals surface area contributed by atoms with Gasteiger partial charge in [0, 0.05) is 14.1 Å². The highest BCUT2D eigenvalue weighted by Gasteiger charge is 2.16. The summed E-state index contributed by atoms with van der Waals surface area (Å²) in [5, 5.41) is 0. The summed E-state index contributed by atoms with van der Waals surface area (Å²) < 4.78 is 26.4. The summed E-state index contributed by atoms with van der Waals surface area (Å²) in [6.45, 7) is 3.95. The Hall–Kier alpha value is -1.40. The Labute approximate surface area is 121 Å². The number of amides is 1. The molecule has 0 aliphatic carbocycles. The predicted octanol–water partition coefficient (Wildman–Crippen LogP) is 1.57. The monoisotopic (exact) mass is 298 g/mol. The first-order valence-electron chi connectivity index (χ1n) is 6.57. The van der Waals surface area contributed by atoms with Crippen LogP contribution in [0.3, 0.4) is 0 Å². The second kappa shape index (κ2) is 6.85. The Morgan fingerprint density at radius 1 is 1.25 bits per heavy atom. The molecule has 20 heavy (non-hydrogen) atoms. The Bertz CT molecular complexity index is 550. The molecule has 0 spiro atoms. The first-order chi connectivity index (χ1) is 9.27. The van der Waals surface area contributed by atoms with Gasteiger partial charge in [-0.2, -0.15) is 0 Å². The van der Waals surface area contributed by atoms with Gasteiger partial charge in [0.1, 0.15) is 0 Å². The number of nitrogens with zero attached hydrogens (tertiary/aromatic N) is 1. The summed E-state index contributed by atoms with van der Waals surface area (Å²) in [6.07, 6.45) is 1.00. The highest BCUT2D eigenvalue weighted by atomic mass is 32.2. The normalized spacial score (nSPS) is 13.0. The zero-order chi connectivity index (χ0) is 15.3. The summed E-state index contributed by atoms with van der Waals surface area (Å²) >= 11 is 0. The minimum Gasteiger partial charge on any atom is -0.348 e. The van der Waals surface area contributed by atoms with E-state index in [9.17, 15) is 13.2 Å². The maximum absolute atomic E-state index is 12.0. The molecule has 1 N–H and O–H groups in total. The first-order valence-corrected chi connectivity index (χ1v) is 8.06. The van der Waals surface area contributed by atoms with E-state index in [2.05, 4.69) is 18.6 Å². The van der Waals surface area contributed by atoms with Crippen LogP contribution in [0.2, 0.25) is 0 Å². The zero-order valence-corrected chi connectivity index (χ0v) is 13.2. The number of sulfonamides is 1. The fraction of sp³-hybridized carbons (Fsp3) is 0.500. The molecule has 0 aliphatic heterocycles. The molecule has 0 fully saturated rings. The van der Waals surface area contributed by atoms with E-state index >= 15 is 0 Å². The highest BCUT2D eigenvalue weighted by Crippen LogP contribution is 2.20. The van der Waals surface area contributed by atoms with Crippen molar-refractivity contribution in [2.45, 2.75) is 31.1 Å². The third-order valence-corrected chi connectivity index (χ3v) is 4.70. The van der Waals surface area contributed by atoms with Crippen LogP contribution in [0.25, 0.3) is 0 Å². The number of carbonyl (C=O) groups excluding carboxylic acids is 1. The second-order valence-corrected chi connectivity index (χ2v) is 6.76. The molecule has 1 aromatic carbocycles. The van der Waals surface area contributed by atoms with Gasteiger partial charge in [-0.1, -0.05) is 26.0 Å². The SMILES string of the molecule is CCC(C)c1ccc(S(=O)(=O)NCC(=O)N(C)C)cc1. The summed E-state index contributed by atoms with van der Waals surface area (Å²) in [7, 11) is -0.474. The number of benzene rings is 1. The van der Waals surface area contributed by atoms with Crippen LogP contribution in [0.1, 0.15) is 31.7 Å². The van der Waals surface area contributed by atoms with E-state index < -0.39 is 10.0 Å². The van der Waals surface area contributed by atoms with Gasteiger partial charge < -0.3 is 4.90 Å². The summed E-state index contributed by atoms with van der Waals surface area (Å²) in [5.41, 5.74) is 1.11. The van der Waals surface area contributed by atoms with Crippen LogP contribution in [0.5, 0.6) is 0 Å². The maximum atomic E-state index is 12.0. The average Bonchev–Trinajstić information content (AvgIpc) is 2.44. The number of likely N-dealkylation sites (N-methyl/N-ethyl adjacent to an activating group) is 1. The van der Waals surface area contributed by atoms with Crippen molar-refractivity contribution in [2.24, 2.45) is 0 Å². The molecule has 1 amide bonds. The highest BCUT2D eigenvalue weighted by molar-refractivity contribution is 7.89. The summed E-state index contributed by atoms with van der Waals surface area (Å²) in [5.74, 6) is 0.111. The van der Waals surface area contributed by atoms with Gasteiger partial charge in [0.05, 0.1) is 11.4 Å². The van der Waals surface area contributed by atoms with E-state index in [-0.39, 0.29) is 17.3 Å². The molecule has 6 heteroatoms. The van der Waals surface area contributed by atoms with Gasteiger partial charge in [0.25, 0.3) is 0 Å². The van der Waals surface area contributed by atoms with Crippen molar-refractivity contribution in [3.8, 4) is 0 Å². The molecule has 112 valence electrons. The fourth-order valence-corrected chi connectivity index (χ4v) is 2.58. The van der Waals surface area contributed by atoms with Gasteiger partial charge in [-0.3, -0.25) is 4.79 Å². The van der Waals surface area contributed by atoms with Crippen LogP contribution in [0, 0.1) is 0 Å². The molecule has 1 atom stereocenters. The molecular weight excluding hydrogens is 276 g/mol. The first kappa shape index (κ1) is 16.7. The van der Waals surface area contributed by atoms with Gasteiger partial charge in [0.2, 0.25) is 15.9 Å². The smallest absolute Gasteiger partial charge is 0.241 e. The van der Waals surface area contributed by atoms with Gasteiger partial charge in [-0.05, 0) is 30.0 Å². The van der Waals surface area contributed by atoms with Crippen LogP contribution in [-0.2, 0) is 14.8 Å². The molecule has 1 aromatic rings. The van der Waals surface area contributed by atoms with E-state index in [0.717, 1.165) is 12.0 Å². The number of rotatable bonds is 6. The molecule has 0 heterocycles. The minimum atomic E-state index is -3.64. The molecule has 1 unspecified atom stereocenters. The lowest BCUT2D eigenvalue weighted by Gasteiger charge is -2.12. The fourth-order valence-electron chi connectivity index (χ4n) is 1.61. The van der Waals surface area contributed by atoms with Crippen molar-refractivity contribution in [1.82, 2.24) is 9.62 Å². The van der Waals surface area contributed by atoms with E-state index in [1.54, 1.807) is 26.2 Å². The molecular formula is C14H22N2O3S. The molecule has 0 aromatic heterocycles. The van der Waals surface area contributed by atoms with Gasteiger partial charge >= 0.3 is 0 Å². The summed E-state index contributed by atoms with van der Waals surface area (Å²) in [4.78, 5) is 12.9. The van der Waals surface area contributed by atoms with Crippen LogP contribution < -0.4 is 4.72 Å². The molecule has 0 aliphatic rings. The molecule has 1 rings (SSSR count). The number of hydrogen-bond donors (Lipinski definition) is 1. The lowest BCUT2D eigenvalue weighted by molar-refractivity contribution is -0.127. The van der Waals surface area contributed by atoms with Crippen molar-refractivity contribution < 1.29 is 13.2 Å². The Morgan fingerprint density at radius 2 is 1.80 bits per heavy atom. The Morgan fingerprint density at radius 3 is 2.25 bits per heavy atom. The van der Waals surface area contributed by atoms with Crippen molar-refractivity contribution in [1.29, 1.82) is 0 Å². The largest absolute Gasteiger partial charge is 0.348 e. The van der Waals surface area contributed by atoms with Crippen LogP contribution in [0.15, 0.2) is 29.2 Å². The molecule has 0 bridgehead atoms. The van der Waals surface area contributed by atoms with Crippen molar-refractivity contribution in [3.05, 3.63) is 29.8 Å². The van der Waals surface area contributed by atoms with Crippen molar-refractivity contribution in [3.63, 3.8) is 0 Å². The van der Waals surface area contributed by atoms with Gasteiger partial charge in [-0.25, -0.2) is 13.1 Å². The quantitative estimate of drug-likeness (QED) is 0.867. The number of carbonyl (C=O) groups is 1. The van der Waals surface area contributed by atoms with E-state index in [1.165, 1.54) is 4.90 Å². The molecule has 0 radical (unpaired) electrons. The van der Waals surface area contributed by atoms with Crippen molar-refractivity contribution in [2.75, 3.05) is 20.6 Å². The second-order valence-electron chi connectivity index (χ2n) is 4.99. The lowest BCUT2D eigenvalue weighted by Crippen LogP contribution is -2.36. The average molecular weight is 298 g/mol. The van der Waals surface area contributed by atoms with Gasteiger partial charge in [0.15, 0.2) is 0 Å². The van der Waals surface area contributed by atoms with Crippen LogP contribution >= 0.6 is 0 Å². The lowest BCUT2D eigenvalue weighted by atomic mass is 9.99. The van der Waals surface area contributed by atoms with Gasteiger partial charge in [-0.15, -0.1) is 0 Å². The van der Waals surface area contributed by atoms with E-state index in [1.807, 2.05) is 12.1 Å². The minimum absolute atomic E-state index is 0.177. The third-order valence-electron chi connectivity index (χ3n) is 3.28. The Kier molecular flexibility index (Phi) is 5.71. The standard InChI is InChI=1S/C14H22N2O3S/c1-5-11(2)12-6-8-13(9-7-12)20(18,19)15-10-14(17)16(3)4/h6-9,11,15H,5,10H2,1-4H3. The Balaban J connectivity index is 2.80. The number of hydrogen-bond acceptors (Lipinski definition) is 3. The van der Waals surface area contributed by atoms with Crippen molar-refractivity contribution >= 4 is 15.9 Å². The van der Waals surface area contributed by atoms with E-state index in [0.29, 0.717) is 5.92 Å². The maximum Gasteiger partial charge on any atom is 0.241 e. The third kappa shape index (κ3) is 4.31. The number of nitrogens with one attached hydrogen (secondary N) is 1. The van der Waals surface area contributed by atoms with E-state index in [4.69, 9.17) is 0 Å². The topological polar surface area (TPSA) is 66.5 Å². The molecule has 0 saturated carbocycles. The molecule has 0 saturated heterocycles. The molecule has 5 nitrogen and oxygen atoms in total. The van der Waals surface area contributed by atoms with Crippen LogP contribution in [0.4, 0.5) is 0 Å².